The van der Waals surface area contributed by atoms with Crippen LogP contribution < -0.4 is 72.1 Å². The Bertz CT molecular complexity index is 4650. The van der Waals surface area contributed by atoms with Crippen LogP contribution in [0.15, 0.2) is 18.2 Å². The lowest BCUT2D eigenvalue weighted by Crippen LogP contribution is -2.53. The minimum absolute atomic E-state index is 0.0213. The predicted octanol–water partition coefficient (Wildman–Crippen LogP) is -7.87. The van der Waals surface area contributed by atoms with Gasteiger partial charge in [0.2, 0.25) is 76.8 Å². The number of imide groups is 1. The fourth-order valence-electron chi connectivity index (χ4n) is 13.0. The Balaban J connectivity index is 0.849. The number of amides is 13. The molecule has 1 fully saturated rings. The van der Waals surface area contributed by atoms with E-state index in [1.165, 1.54) is 44.2 Å². The summed E-state index contributed by atoms with van der Waals surface area (Å²) in [7, 11) is 2.61. The zero-order valence-corrected chi connectivity index (χ0v) is 81.2. The number of rotatable bonds is 78. The van der Waals surface area contributed by atoms with Crippen LogP contribution in [0, 0.1) is 11.6 Å². The molecule has 12 atom stereocenters. The highest BCUT2D eigenvalue weighted by atomic mass is 32.1. The second kappa shape index (κ2) is 68.9. The van der Waals surface area contributed by atoms with E-state index < -0.39 is 265 Å². The van der Waals surface area contributed by atoms with Gasteiger partial charge in [0.1, 0.15) is 61.4 Å². The Morgan fingerprint density at radius 3 is 1.40 bits per heavy atom. The Morgan fingerprint density at radius 2 is 0.903 bits per heavy atom. The molecule has 2 aliphatic rings. The summed E-state index contributed by atoms with van der Waals surface area (Å²) in [6, 6.07) is 1.39. The molecule has 1 saturated heterocycles. The lowest BCUT2D eigenvalue weighted by atomic mass is 10.0. The summed E-state index contributed by atoms with van der Waals surface area (Å²) < 4.78 is 117. The summed E-state index contributed by atoms with van der Waals surface area (Å²) in [6.45, 7) is -0.804. The van der Waals surface area contributed by atoms with Gasteiger partial charge in [-0.25, -0.2) is 8.78 Å². The highest BCUT2D eigenvalue weighted by Crippen LogP contribution is 2.42. The SMILES string of the molecule is [3H]C1CC(=O)N(CC(=O)N[C@@H](CCC(=O)NC[C@H](C)OC(=O)CCC(=O)N2Cc3cc(OC)c(OCCCOc4c(OC)cc5sc(C(=O)CCC(=O)OCC)cc5c4F)c(F)c3C2)C(=O)NCC(=O)NCC(=O)NCC(=O)NCC(=O)NCCOCCOCCOCCOCCOCCOCCOCCOCCC(=O)N[C@@H](CCC(=O)NC[C@H](O)[C@@H](O)[C@H](O)[C@H](O)CO)C(=O)NC[C@H](O)[C@@H](O)[C@H](O)[C@H](O)CO)C1=O. The molecule has 52 nitrogen and oxygen atoms in total. The minimum atomic E-state index is -2.02. The summed E-state index contributed by atoms with van der Waals surface area (Å²) in [5.74, 6) is -14.4. The van der Waals surface area contributed by atoms with Gasteiger partial charge in [0.25, 0.3) is 0 Å². The van der Waals surface area contributed by atoms with Crippen LogP contribution >= 0.6 is 11.3 Å². The van der Waals surface area contributed by atoms with Crippen molar-refractivity contribution in [2.45, 2.75) is 171 Å². The Kier molecular flexibility index (Phi) is 58.0. The van der Waals surface area contributed by atoms with Crippen molar-refractivity contribution in [2.24, 2.45) is 0 Å². The van der Waals surface area contributed by atoms with Gasteiger partial charge in [0, 0.05) is 107 Å². The molecule has 2 aliphatic heterocycles. The third-order valence-electron chi connectivity index (χ3n) is 20.9. The lowest BCUT2D eigenvalue weighted by molar-refractivity contribution is -0.150. The number of aliphatic hydroxyl groups excluding tert-OH is 10. The number of methoxy groups -OCH3 is 2. The number of thiophene rings is 1. The first kappa shape index (κ1) is 121. The molecule has 13 amide bonds. The Hall–Kier alpha value is -11.3. The van der Waals surface area contributed by atoms with E-state index in [0.29, 0.717) is 35.0 Å². The highest BCUT2D eigenvalue weighted by Gasteiger charge is 2.37. The average molecular weight is 2080 g/mol. The second-order valence-electron chi connectivity index (χ2n) is 32.0. The number of carbonyl (C=O) groups excluding carboxylic acids is 16. The van der Waals surface area contributed by atoms with E-state index in [4.69, 9.17) is 77.9 Å². The molecule has 1 unspecified atom stereocenters. The van der Waals surface area contributed by atoms with Crippen molar-refractivity contribution in [3.05, 3.63) is 45.8 Å². The number of Topliss-reactive ketones (excluding diaryl/α,β-unsaturated/α-hetero) is 1. The van der Waals surface area contributed by atoms with Gasteiger partial charge in [0.05, 0.1) is 216 Å². The second-order valence-corrected chi connectivity index (χ2v) is 33.1. The van der Waals surface area contributed by atoms with Crippen LogP contribution in [-0.2, 0) is 132 Å². The highest BCUT2D eigenvalue weighted by molar-refractivity contribution is 7.20. The number of benzene rings is 2. The molecule has 55 heteroatoms. The summed E-state index contributed by atoms with van der Waals surface area (Å²) in [4.78, 5) is 206. The van der Waals surface area contributed by atoms with Crippen molar-refractivity contribution < 1.29 is 204 Å². The lowest BCUT2D eigenvalue weighted by Gasteiger charge is -2.26. The van der Waals surface area contributed by atoms with Gasteiger partial charge < -0.3 is 175 Å². The van der Waals surface area contributed by atoms with Gasteiger partial charge in [-0.15, -0.1) is 11.3 Å². The molecule has 144 heavy (non-hydrogen) atoms. The number of halogens is 2. The summed E-state index contributed by atoms with van der Waals surface area (Å²) in [6.07, 6.45) is -21.0. The number of fused-ring (bicyclic) bond motifs is 2. The molecule has 1 aromatic heterocycles. The van der Waals surface area contributed by atoms with E-state index in [0.717, 1.165) is 11.3 Å². The molecular weight excluding hydrogens is 1950 g/mol. The van der Waals surface area contributed by atoms with Crippen LogP contribution in [0.1, 0.15) is 113 Å². The van der Waals surface area contributed by atoms with Crippen LogP contribution in [-0.4, -0.2) is 434 Å². The Morgan fingerprint density at radius 1 is 0.458 bits per heavy atom. The molecule has 0 bridgehead atoms. The van der Waals surface area contributed by atoms with E-state index in [9.17, 15) is 118 Å². The molecule has 5 rings (SSSR count). The van der Waals surface area contributed by atoms with Crippen molar-refractivity contribution in [3.8, 4) is 23.0 Å². The summed E-state index contributed by atoms with van der Waals surface area (Å²) >= 11 is 1.03. The number of likely N-dealkylation sites (tertiary alicyclic amines) is 1. The van der Waals surface area contributed by atoms with Crippen LogP contribution in [0.4, 0.5) is 8.78 Å². The number of hydrogen-bond acceptors (Lipinski definition) is 41. The van der Waals surface area contributed by atoms with Crippen molar-refractivity contribution >= 4 is 116 Å². The van der Waals surface area contributed by atoms with Gasteiger partial charge in [-0.05, 0) is 44.4 Å². The monoisotopic (exact) mass is 2080 g/mol. The smallest absolute Gasteiger partial charge is 0.306 e. The van der Waals surface area contributed by atoms with Crippen molar-refractivity contribution in [1.29, 1.82) is 0 Å². The van der Waals surface area contributed by atoms with Crippen molar-refractivity contribution in [3.63, 3.8) is 0 Å². The fourth-order valence-corrected chi connectivity index (χ4v) is 14.1. The van der Waals surface area contributed by atoms with Crippen molar-refractivity contribution in [2.75, 3.05) is 212 Å². The largest absolute Gasteiger partial charge is 0.493 e. The average Bonchev–Trinajstić information content (AvgIpc) is 1.65. The van der Waals surface area contributed by atoms with Gasteiger partial charge >= 0.3 is 11.9 Å². The number of esters is 2. The van der Waals surface area contributed by atoms with E-state index in [-0.39, 0.29) is 215 Å². The van der Waals surface area contributed by atoms with E-state index in [2.05, 4.69) is 53.2 Å². The fraction of sp³-hybridized carbons (Fsp3) is 0.663. The quantitative estimate of drug-likeness (QED) is 0.0108. The van der Waals surface area contributed by atoms with E-state index in [1.54, 1.807) is 6.92 Å². The molecule has 0 aliphatic carbocycles. The zero-order chi connectivity index (χ0) is 107. The van der Waals surface area contributed by atoms with Gasteiger partial charge in [-0.3, -0.25) is 81.6 Å². The number of hydrogen-bond donors (Lipinski definition) is 20. The minimum Gasteiger partial charge on any atom is -0.493 e. The van der Waals surface area contributed by atoms with Crippen LogP contribution in [0.25, 0.3) is 10.1 Å². The van der Waals surface area contributed by atoms with Crippen molar-refractivity contribution in [1.82, 2.24) is 63.0 Å². The normalized spacial score (nSPS) is 15.2. The molecule has 0 spiro atoms. The Labute approximate surface area is 831 Å². The topological polar surface area (TPSA) is 731 Å². The maximum absolute atomic E-state index is 16.2. The summed E-state index contributed by atoms with van der Waals surface area (Å²) in [5.41, 5.74) is 0.548. The number of aliphatic hydroxyl groups is 10. The van der Waals surface area contributed by atoms with Crippen LogP contribution in [0.3, 0.4) is 0 Å². The number of carbonyl (C=O) groups is 16. The number of ether oxygens (including phenoxy) is 14. The maximum atomic E-state index is 16.2. The predicted molar refractivity (Wildman–Crippen MR) is 492 cm³/mol. The van der Waals surface area contributed by atoms with Gasteiger partial charge in [0.15, 0.2) is 40.4 Å². The first-order chi connectivity index (χ1) is 69.3. The molecule has 810 valence electrons. The maximum Gasteiger partial charge on any atom is 0.306 e. The molecular formula is C89H134F2N12O40S. The number of nitrogens with zero attached hydrogens (tertiary/aromatic N) is 2. The van der Waals surface area contributed by atoms with Gasteiger partial charge in [-0.1, -0.05) is 0 Å². The number of ketones is 1. The van der Waals surface area contributed by atoms with E-state index in [1.807, 2.05) is 0 Å². The first-order valence-electron chi connectivity index (χ1n) is 46.8. The first-order valence-corrected chi connectivity index (χ1v) is 47.1. The molecule has 0 saturated carbocycles. The third kappa shape index (κ3) is 46.4. The molecule has 3 aromatic rings. The van der Waals surface area contributed by atoms with E-state index >= 15 is 8.78 Å². The van der Waals surface area contributed by atoms with Crippen LogP contribution in [0.2, 0.25) is 0 Å². The molecule has 20 N–H and O–H groups in total. The third-order valence-corrected chi connectivity index (χ3v) is 22.1. The molecule has 2 aromatic carbocycles. The zero-order valence-electron chi connectivity index (χ0n) is 81.3. The van der Waals surface area contributed by atoms with Gasteiger partial charge in [-0.2, -0.15) is 0 Å². The van der Waals surface area contributed by atoms with Crippen LogP contribution in [0.5, 0.6) is 23.0 Å². The molecule has 3 heterocycles. The number of nitrogens with one attached hydrogen (secondary N) is 10. The standard InChI is InChI=1S/C89H134F2N12O40S/c1-5-140-78(122)15-9-58(106)66-38-54-65(144-66)39-64(131-4)87(80(54)90)142-20-6-19-141-86-63(130-3)37-53-47-102(48-55(53)81(86)91)75(119)14-16-79(123)143-52(2)40-93-67(111)10-8-57(101-74(118)49-103-76(120)12-13-77(103)121)89(129)99-46-73(117)97-45-72(116)96-44-71(115)95-43-70(114)92-18-22-133-24-26-135-28-30-137-32-34-139-36-35-138-33-31-136-29-27-134-25-23-132-21-17-69(113)100-56(88(128)98-42-60(108)83(125)85(127)62(110)51-105)7-11-68(112)94-41-59(107)82(124)84(126)61(109)50-104/h37-39,52,56-57,59-62,82-85,104-105,107-110,124-127H,5-36,40-51H2,1-4H3,(H,92,114)(H,93,111)(H,94,112)(H,95,115)(H,96,116)(H,97,117)(H,98,128)(H,99,129)(H,100,113)(H,101,118)/t52-,56-,57-,59-,60-,61+,62+,82+,83+,84+,85+/m0/s1/i12T/t12?,52-,56-,57-,59-,60-,61+,62+,82+,83+,84+,85+. The summed E-state index contributed by atoms with van der Waals surface area (Å²) in [5, 5.41) is 121. The molecule has 0 radical (unpaired) electrons.